The van der Waals surface area contributed by atoms with Gasteiger partial charge in [0, 0.05) is 6.08 Å². The van der Waals surface area contributed by atoms with Crippen LogP contribution >= 0.6 is 0 Å². The Bertz CT molecular complexity index is 572. The predicted molar refractivity (Wildman–Crippen MR) is 66.7 cm³/mol. The highest BCUT2D eigenvalue weighted by atomic mass is 32.2. The van der Waals surface area contributed by atoms with Gasteiger partial charge in [-0.1, -0.05) is 18.2 Å². The minimum atomic E-state index is -4.33. The highest BCUT2D eigenvalue weighted by molar-refractivity contribution is 7.86. The highest BCUT2D eigenvalue weighted by Gasteiger charge is 2.16. The number of hydrogen-bond acceptors (Lipinski definition) is 4. The van der Waals surface area contributed by atoms with Gasteiger partial charge in [-0.05, 0) is 31.1 Å². The Hall–Kier alpha value is -1.66. The summed E-state index contributed by atoms with van der Waals surface area (Å²) >= 11 is 0. The van der Waals surface area contributed by atoms with Crippen LogP contribution < -0.4 is 0 Å². The molecule has 0 atom stereocenters. The van der Waals surface area contributed by atoms with Crippen molar-refractivity contribution in [3.8, 4) is 0 Å². The second-order valence-electron chi connectivity index (χ2n) is 3.55. The summed E-state index contributed by atoms with van der Waals surface area (Å²) < 4.78 is 36.3. The minimum Gasteiger partial charge on any atom is -0.463 e. The maximum Gasteiger partial charge on any atom is 0.330 e. The topological polar surface area (TPSA) is 80.7 Å². The molecule has 0 aliphatic carbocycles. The quantitative estimate of drug-likeness (QED) is 0.513. The predicted octanol–water partition coefficient (Wildman–Crippen LogP) is 1.82. The molecule has 0 aliphatic heterocycles. The van der Waals surface area contributed by atoms with Crippen LogP contribution in [-0.4, -0.2) is 25.5 Å². The Kier molecular flexibility index (Phi) is 4.63. The van der Waals surface area contributed by atoms with Crippen LogP contribution in [0, 0.1) is 6.92 Å². The van der Waals surface area contributed by atoms with Crippen LogP contribution in [0.1, 0.15) is 18.1 Å². The molecule has 1 aromatic rings. The Morgan fingerprint density at radius 1 is 1.44 bits per heavy atom. The number of aryl methyl sites for hydroxylation is 1. The molecule has 0 aliphatic rings. The summed E-state index contributed by atoms with van der Waals surface area (Å²) in [5.74, 6) is -0.569. The summed E-state index contributed by atoms with van der Waals surface area (Å²) in [7, 11) is -4.33. The van der Waals surface area contributed by atoms with E-state index in [0.717, 1.165) is 6.08 Å². The summed E-state index contributed by atoms with van der Waals surface area (Å²) in [5, 5.41) is 0. The van der Waals surface area contributed by atoms with Crippen molar-refractivity contribution in [1.29, 1.82) is 0 Å². The third-order valence-corrected chi connectivity index (χ3v) is 3.26. The van der Waals surface area contributed by atoms with Gasteiger partial charge >= 0.3 is 5.97 Å². The molecule has 1 N–H and O–H groups in total. The Morgan fingerprint density at radius 2 is 2.11 bits per heavy atom. The van der Waals surface area contributed by atoms with Crippen LogP contribution in [0.3, 0.4) is 0 Å². The van der Waals surface area contributed by atoms with E-state index in [1.807, 2.05) is 0 Å². The van der Waals surface area contributed by atoms with Crippen molar-refractivity contribution in [2.75, 3.05) is 6.61 Å². The molecule has 1 aromatic carbocycles. The number of esters is 1. The van der Waals surface area contributed by atoms with Crippen LogP contribution in [0.15, 0.2) is 29.2 Å². The average molecular weight is 270 g/mol. The second-order valence-corrected chi connectivity index (χ2v) is 4.91. The smallest absolute Gasteiger partial charge is 0.330 e. The van der Waals surface area contributed by atoms with E-state index in [-0.39, 0.29) is 17.1 Å². The average Bonchev–Trinajstić information content (AvgIpc) is 2.25. The maximum absolute atomic E-state index is 11.3. The van der Waals surface area contributed by atoms with E-state index >= 15 is 0 Å². The van der Waals surface area contributed by atoms with Gasteiger partial charge in [-0.25, -0.2) is 4.79 Å². The summed E-state index contributed by atoms with van der Waals surface area (Å²) in [6, 6.07) is 4.69. The van der Waals surface area contributed by atoms with Crippen molar-refractivity contribution in [2.45, 2.75) is 18.7 Å². The van der Waals surface area contributed by atoms with E-state index in [1.165, 1.54) is 12.1 Å². The Labute approximate surface area is 106 Å². The lowest BCUT2D eigenvalue weighted by Crippen LogP contribution is -2.04. The summed E-state index contributed by atoms with van der Waals surface area (Å²) in [6.07, 6.45) is 2.42. The molecule has 5 nitrogen and oxygen atoms in total. The molecule has 0 heterocycles. The van der Waals surface area contributed by atoms with Crippen molar-refractivity contribution < 1.29 is 22.5 Å². The van der Waals surface area contributed by atoms with Gasteiger partial charge in [0.2, 0.25) is 0 Å². The number of rotatable bonds is 4. The maximum atomic E-state index is 11.3. The fourth-order valence-corrected chi connectivity index (χ4v) is 2.42. The molecule has 6 heteroatoms. The molecule has 0 amide bonds. The summed E-state index contributed by atoms with van der Waals surface area (Å²) in [6.45, 7) is 3.47. The Morgan fingerprint density at radius 3 is 2.67 bits per heavy atom. The number of hydrogen-bond donors (Lipinski definition) is 1. The van der Waals surface area contributed by atoms with Gasteiger partial charge in [-0.2, -0.15) is 8.42 Å². The summed E-state index contributed by atoms with van der Waals surface area (Å²) in [5.41, 5.74) is 0.647. The third-order valence-electron chi connectivity index (χ3n) is 2.19. The lowest BCUT2D eigenvalue weighted by atomic mass is 10.1. The standard InChI is InChI=1S/C12H14O5S/c1-3-17-11(13)8-7-10-6-4-5-9(2)12(10)18(14,15)16/h4-8H,3H2,1-2H3,(H,14,15,16)/b8-7+. The van der Waals surface area contributed by atoms with Gasteiger partial charge in [0.1, 0.15) is 4.90 Å². The van der Waals surface area contributed by atoms with Crippen LogP contribution in [0.2, 0.25) is 0 Å². The highest BCUT2D eigenvalue weighted by Crippen LogP contribution is 2.21. The first-order valence-electron chi connectivity index (χ1n) is 5.28. The zero-order valence-electron chi connectivity index (χ0n) is 10.1. The molecular weight excluding hydrogens is 256 g/mol. The summed E-state index contributed by atoms with van der Waals surface area (Å²) in [4.78, 5) is 10.9. The Balaban J connectivity index is 3.19. The third kappa shape index (κ3) is 3.68. The van der Waals surface area contributed by atoms with E-state index in [0.29, 0.717) is 5.56 Å². The zero-order valence-corrected chi connectivity index (χ0v) is 10.9. The largest absolute Gasteiger partial charge is 0.463 e. The first kappa shape index (κ1) is 14.4. The van der Waals surface area contributed by atoms with E-state index in [2.05, 4.69) is 4.74 Å². The number of ether oxygens (including phenoxy) is 1. The van der Waals surface area contributed by atoms with Gasteiger partial charge in [0.25, 0.3) is 10.1 Å². The molecule has 0 bridgehead atoms. The van der Waals surface area contributed by atoms with Crippen molar-refractivity contribution in [1.82, 2.24) is 0 Å². The van der Waals surface area contributed by atoms with E-state index < -0.39 is 16.1 Å². The van der Waals surface area contributed by atoms with Gasteiger partial charge < -0.3 is 4.74 Å². The van der Waals surface area contributed by atoms with Crippen molar-refractivity contribution in [3.05, 3.63) is 35.4 Å². The molecule has 1 rings (SSSR count). The SMILES string of the molecule is CCOC(=O)/C=C/c1cccc(C)c1S(=O)(=O)O. The van der Waals surface area contributed by atoms with Gasteiger partial charge in [-0.15, -0.1) is 0 Å². The van der Waals surface area contributed by atoms with Gasteiger partial charge in [0.05, 0.1) is 6.61 Å². The zero-order chi connectivity index (χ0) is 13.8. The van der Waals surface area contributed by atoms with Crippen LogP contribution in [0.25, 0.3) is 6.08 Å². The molecule has 18 heavy (non-hydrogen) atoms. The monoisotopic (exact) mass is 270 g/mol. The molecule has 0 unspecified atom stereocenters. The number of benzene rings is 1. The molecule has 0 saturated carbocycles. The first-order chi connectivity index (χ1) is 8.36. The first-order valence-corrected chi connectivity index (χ1v) is 6.72. The van der Waals surface area contributed by atoms with E-state index in [4.69, 9.17) is 4.55 Å². The van der Waals surface area contributed by atoms with Gasteiger partial charge in [-0.3, -0.25) is 4.55 Å². The molecule has 0 fully saturated rings. The normalized spacial score (nSPS) is 11.7. The van der Waals surface area contributed by atoms with Crippen LogP contribution in [-0.2, 0) is 19.6 Å². The molecule has 0 spiro atoms. The van der Waals surface area contributed by atoms with Crippen molar-refractivity contribution in [2.24, 2.45) is 0 Å². The molecule has 0 aromatic heterocycles. The molecular formula is C12H14O5S. The minimum absolute atomic E-state index is 0.203. The fourth-order valence-electron chi connectivity index (χ4n) is 1.51. The lowest BCUT2D eigenvalue weighted by molar-refractivity contribution is -0.137. The second kappa shape index (κ2) is 5.79. The van der Waals surface area contributed by atoms with Gasteiger partial charge in [0.15, 0.2) is 0 Å². The van der Waals surface area contributed by atoms with E-state index in [1.54, 1.807) is 26.0 Å². The molecule has 0 saturated heterocycles. The van der Waals surface area contributed by atoms with Crippen molar-refractivity contribution in [3.63, 3.8) is 0 Å². The lowest BCUT2D eigenvalue weighted by Gasteiger charge is -2.06. The fraction of sp³-hybridized carbons (Fsp3) is 0.250. The molecule has 0 radical (unpaired) electrons. The van der Waals surface area contributed by atoms with Crippen LogP contribution in [0.5, 0.6) is 0 Å². The number of carbonyl (C=O) groups is 1. The number of carbonyl (C=O) groups excluding carboxylic acids is 1. The van der Waals surface area contributed by atoms with E-state index in [9.17, 15) is 13.2 Å². The van der Waals surface area contributed by atoms with Crippen molar-refractivity contribution >= 4 is 22.2 Å². The van der Waals surface area contributed by atoms with Crippen LogP contribution in [0.4, 0.5) is 0 Å². The molecule has 98 valence electrons.